The molecule has 0 spiro atoms. The third kappa shape index (κ3) is 12.2. The molecule has 0 aliphatic heterocycles. The molecule has 0 radical (unpaired) electrons. The summed E-state index contributed by atoms with van der Waals surface area (Å²) in [5.41, 5.74) is -2.45. The van der Waals surface area contributed by atoms with Crippen LogP contribution in [0.25, 0.3) is 0 Å². The Morgan fingerprint density at radius 2 is 0.734 bits per heavy atom. The van der Waals surface area contributed by atoms with Gasteiger partial charge in [-0.25, -0.2) is 27.6 Å². The van der Waals surface area contributed by atoms with Gasteiger partial charge in [0.25, 0.3) is 0 Å². The summed E-state index contributed by atoms with van der Waals surface area (Å²) in [6, 6.07) is 19.2. The van der Waals surface area contributed by atoms with Gasteiger partial charge in [-0.1, -0.05) is 48.5 Å². The summed E-state index contributed by atoms with van der Waals surface area (Å²) < 4.78 is 164. The summed E-state index contributed by atoms with van der Waals surface area (Å²) in [6.45, 7) is 0. The lowest BCUT2D eigenvalue weighted by molar-refractivity contribution is -0.140. The van der Waals surface area contributed by atoms with Crippen LogP contribution in [-0.2, 0) is 53.7 Å². The van der Waals surface area contributed by atoms with Crippen LogP contribution in [0.1, 0.15) is 70.0 Å². The second-order valence-electron chi connectivity index (χ2n) is 14.3. The molecule has 4 atom stereocenters. The third-order valence-electron chi connectivity index (χ3n) is 9.85. The molecule has 2 aliphatic carbocycles. The number of aliphatic hydroxyl groups is 2. The number of ether oxygens (including phenoxy) is 2. The molecule has 340 valence electrons. The number of rotatable bonds is 5. The molecule has 2 aliphatic rings. The number of carbonyl (C=O) groups excluding carboxylic acids is 2. The molecule has 0 saturated heterocycles. The zero-order valence-corrected chi connectivity index (χ0v) is 32.4. The highest BCUT2D eigenvalue weighted by atomic mass is 19.4. The molecule has 0 unspecified atom stereocenters. The molecular weight excluding hydrogens is 884 g/mol. The van der Waals surface area contributed by atoms with Crippen LogP contribution in [0.3, 0.4) is 0 Å². The number of aliphatic hydroxyl groups excluding tert-OH is 2. The normalized spacial score (nSPS) is 18.2. The maximum atomic E-state index is 14.0. The molecule has 0 saturated carbocycles. The lowest BCUT2D eigenvalue weighted by atomic mass is 9.87. The minimum Gasteiger partial charge on any atom is -0.478 e. The smallest absolute Gasteiger partial charge is 0.419 e. The molecule has 0 fully saturated rings. The molecule has 8 nitrogen and oxygen atoms in total. The Hall–Kier alpha value is -6.41. The van der Waals surface area contributed by atoms with Gasteiger partial charge < -0.3 is 24.8 Å². The van der Waals surface area contributed by atoms with Crippen LogP contribution >= 0.6 is 0 Å². The van der Waals surface area contributed by atoms with E-state index in [9.17, 15) is 77.3 Å². The monoisotopic (exact) mass is 916 g/mol. The van der Waals surface area contributed by atoms with E-state index in [2.05, 4.69) is 0 Å². The van der Waals surface area contributed by atoms with Gasteiger partial charge in [-0.15, -0.1) is 0 Å². The maximum Gasteiger partial charge on any atom is 0.419 e. The molecule has 0 amide bonds. The summed E-state index contributed by atoms with van der Waals surface area (Å²) in [7, 11) is 0. The van der Waals surface area contributed by atoms with Gasteiger partial charge in [0, 0.05) is 25.7 Å². The fourth-order valence-corrected chi connectivity index (χ4v) is 6.60. The highest BCUT2D eigenvalue weighted by Gasteiger charge is 2.39. The third-order valence-corrected chi connectivity index (χ3v) is 9.85. The van der Waals surface area contributed by atoms with Crippen LogP contribution in [0.5, 0.6) is 0 Å². The van der Waals surface area contributed by atoms with Crippen molar-refractivity contribution in [1.82, 2.24) is 0 Å². The number of benzene rings is 5. The van der Waals surface area contributed by atoms with Gasteiger partial charge >= 0.3 is 36.4 Å². The Morgan fingerprint density at radius 3 is 1.02 bits per heavy atom. The Bertz CT molecular complexity index is 2370. The molecule has 0 heterocycles. The average Bonchev–Trinajstić information content (AvgIpc) is 3.20. The van der Waals surface area contributed by atoms with Gasteiger partial charge in [0.2, 0.25) is 0 Å². The SMILES string of the molecule is O=C(O)c1ccc(C(F)(F)F)c(F)c1.O=C(O[C@H]1Cc2ccccc2C[C@H]1OC(=O)c1ccc(C(F)(F)F)c(F)c1)c1ccc(C(F)(F)F)c(F)c1.O[C@@H]1Cc2ccccc2C[C@@H]1O. The van der Waals surface area contributed by atoms with Crippen molar-refractivity contribution in [3.05, 3.63) is 176 Å². The molecule has 20 heteroatoms. The summed E-state index contributed by atoms with van der Waals surface area (Å²) in [4.78, 5) is 35.6. The highest BCUT2D eigenvalue weighted by Crippen LogP contribution is 2.35. The van der Waals surface area contributed by atoms with E-state index in [-0.39, 0.29) is 12.8 Å². The Kier molecular flexibility index (Phi) is 14.8. The van der Waals surface area contributed by atoms with Crippen molar-refractivity contribution in [2.45, 2.75) is 68.6 Å². The second-order valence-corrected chi connectivity index (χ2v) is 14.3. The summed E-state index contributed by atoms with van der Waals surface area (Å²) in [6.07, 6.45) is -17.1. The summed E-state index contributed by atoms with van der Waals surface area (Å²) in [5, 5.41) is 27.1. The first-order valence-corrected chi connectivity index (χ1v) is 18.6. The minimum absolute atomic E-state index is 0.00431. The fraction of sp³-hybridized carbons (Fsp3) is 0.250. The zero-order chi connectivity index (χ0) is 47.3. The summed E-state index contributed by atoms with van der Waals surface area (Å²) >= 11 is 0. The Morgan fingerprint density at radius 1 is 0.453 bits per heavy atom. The summed E-state index contributed by atoms with van der Waals surface area (Å²) in [5.74, 6) is -8.82. The van der Waals surface area contributed by atoms with Gasteiger partial charge in [0.05, 0.1) is 45.6 Å². The molecule has 5 aromatic carbocycles. The molecule has 7 rings (SSSR count). The average molecular weight is 917 g/mol. The van der Waals surface area contributed by atoms with E-state index >= 15 is 0 Å². The van der Waals surface area contributed by atoms with Gasteiger partial charge in [-0.3, -0.25) is 0 Å². The van der Waals surface area contributed by atoms with E-state index in [0.29, 0.717) is 66.4 Å². The number of hydrogen-bond acceptors (Lipinski definition) is 7. The molecule has 64 heavy (non-hydrogen) atoms. The van der Waals surface area contributed by atoms with E-state index in [0.717, 1.165) is 23.3 Å². The zero-order valence-electron chi connectivity index (χ0n) is 32.4. The van der Waals surface area contributed by atoms with Gasteiger partial charge in [-0.05, 0) is 76.9 Å². The Balaban J connectivity index is 0.000000239. The second kappa shape index (κ2) is 19.5. The van der Waals surface area contributed by atoms with Gasteiger partial charge in [-0.2, -0.15) is 39.5 Å². The van der Waals surface area contributed by atoms with Crippen LogP contribution in [0.4, 0.5) is 52.7 Å². The molecular formula is C44H32F12O8. The number of carboxylic acid groups (broad SMARTS) is 1. The molecule has 0 aromatic heterocycles. The van der Waals surface area contributed by atoms with E-state index in [1.807, 2.05) is 24.3 Å². The van der Waals surface area contributed by atoms with Crippen LogP contribution in [0.2, 0.25) is 0 Å². The molecule has 0 bridgehead atoms. The van der Waals surface area contributed by atoms with Gasteiger partial charge in [0.15, 0.2) is 0 Å². The van der Waals surface area contributed by atoms with Crippen molar-refractivity contribution >= 4 is 17.9 Å². The number of hydrogen-bond donors (Lipinski definition) is 3. The van der Waals surface area contributed by atoms with Crippen molar-refractivity contribution in [3.8, 4) is 0 Å². The Labute approximate surface area is 354 Å². The van der Waals surface area contributed by atoms with E-state index in [1.165, 1.54) is 0 Å². The van der Waals surface area contributed by atoms with Crippen LogP contribution in [0.15, 0.2) is 103 Å². The van der Waals surface area contributed by atoms with Crippen molar-refractivity contribution in [2.24, 2.45) is 0 Å². The number of esters is 2. The van der Waals surface area contributed by atoms with Crippen LogP contribution in [-0.4, -0.2) is 57.6 Å². The first-order chi connectivity index (χ1) is 29.8. The predicted octanol–water partition coefficient (Wildman–Crippen LogP) is 9.60. The van der Waals surface area contributed by atoms with E-state index < -0.39 is 112 Å². The standard InChI is InChI=1S/C26H16F8O4.C10H12O2.C8H4F4O2/c27-19-9-15(5-7-17(19)25(29,30)31)23(35)37-21-11-13-3-1-2-4-14(13)12-22(21)38-24(36)16-6-8-18(20(28)10-16)26(32,33)34;11-9-5-7-3-1-2-4-8(7)6-10(9)12;9-6-3-4(7(13)14)1-2-5(6)8(10,11)12/h1-10,21-22H,11-12H2;1-4,9-12H,5-6H2;1-3H,(H,13,14)/t21-,22+;9-,10+;. The van der Waals surface area contributed by atoms with E-state index in [4.69, 9.17) is 14.6 Å². The first-order valence-electron chi connectivity index (χ1n) is 18.6. The number of aromatic carboxylic acids is 1. The molecule has 3 N–H and O–H groups in total. The van der Waals surface area contributed by atoms with Crippen LogP contribution < -0.4 is 0 Å². The van der Waals surface area contributed by atoms with Crippen molar-refractivity contribution in [2.75, 3.05) is 0 Å². The number of halogens is 12. The lowest BCUT2D eigenvalue weighted by Gasteiger charge is -2.32. The number of alkyl halides is 9. The van der Waals surface area contributed by atoms with Crippen molar-refractivity contribution in [3.63, 3.8) is 0 Å². The highest BCUT2D eigenvalue weighted by molar-refractivity contribution is 5.91. The first kappa shape index (κ1) is 48.6. The topological polar surface area (TPSA) is 130 Å². The minimum atomic E-state index is -4.98. The van der Waals surface area contributed by atoms with Crippen molar-refractivity contribution in [1.29, 1.82) is 0 Å². The van der Waals surface area contributed by atoms with E-state index in [1.54, 1.807) is 24.3 Å². The quantitative estimate of drug-likeness (QED) is 0.118. The molecule has 5 aromatic rings. The van der Waals surface area contributed by atoms with Gasteiger partial charge in [0.1, 0.15) is 29.7 Å². The van der Waals surface area contributed by atoms with Crippen molar-refractivity contribution < 1.29 is 91.9 Å². The number of carboxylic acids is 1. The largest absolute Gasteiger partial charge is 0.478 e. The predicted molar refractivity (Wildman–Crippen MR) is 199 cm³/mol. The number of carbonyl (C=O) groups is 3. The lowest BCUT2D eigenvalue weighted by Crippen LogP contribution is -2.41. The van der Waals surface area contributed by atoms with Crippen LogP contribution in [0, 0.1) is 17.5 Å². The maximum absolute atomic E-state index is 14.0. The fourth-order valence-electron chi connectivity index (χ4n) is 6.60. The number of fused-ring (bicyclic) bond motifs is 2.